The van der Waals surface area contributed by atoms with Crippen LogP contribution in [0.2, 0.25) is 0 Å². The number of esters is 2. The van der Waals surface area contributed by atoms with E-state index in [0.29, 0.717) is 43.8 Å². The zero-order valence-electron chi connectivity index (χ0n) is 23.1. The number of piperidine rings is 1. The number of rotatable bonds is 7. The van der Waals surface area contributed by atoms with Gasteiger partial charge < -0.3 is 19.3 Å². The number of amidine groups is 1. The van der Waals surface area contributed by atoms with E-state index in [1.165, 1.54) is 11.8 Å². The molecule has 0 N–H and O–H groups in total. The fourth-order valence-electron chi connectivity index (χ4n) is 5.15. The molecule has 0 saturated carbocycles. The third kappa shape index (κ3) is 5.82. The lowest BCUT2D eigenvalue weighted by Gasteiger charge is -2.38. The topological polar surface area (TPSA) is 88.5 Å². The van der Waals surface area contributed by atoms with Crippen LogP contribution in [0.5, 0.6) is 0 Å². The van der Waals surface area contributed by atoms with Gasteiger partial charge in [-0.2, -0.15) is 0 Å². The van der Waals surface area contributed by atoms with Crippen molar-refractivity contribution in [1.82, 2.24) is 9.80 Å². The average Bonchev–Trinajstić information content (AvgIpc) is 3.26. The van der Waals surface area contributed by atoms with Gasteiger partial charge in [0.05, 0.1) is 42.4 Å². The summed E-state index contributed by atoms with van der Waals surface area (Å²) in [6, 6.07) is 5.76. The van der Waals surface area contributed by atoms with E-state index in [0.717, 1.165) is 27.6 Å². The minimum Gasteiger partial charge on any atom is -0.466 e. The average molecular weight is 540 g/mol. The Hall–Kier alpha value is -3.07. The van der Waals surface area contributed by atoms with Gasteiger partial charge >= 0.3 is 11.9 Å². The van der Waals surface area contributed by atoms with Crippen LogP contribution in [0, 0.1) is 19.8 Å². The maximum Gasteiger partial charge on any atom is 0.338 e. The van der Waals surface area contributed by atoms with Gasteiger partial charge in [0.2, 0.25) is 5.91 Å². The van der Waals surface area contributed by atoms with E-state index in [2.05, 4.69) is 18.2 Å². The number of ether oxygens (including phenoxy) is 2. The molecule has 0 aromatic heterocycles. The highest BCUT2D eigenvalue weighted by Gasteiger charge is 2.42. The first-order valence-corrected chi connectivity index (χ1v) is 14.2. The van der Waals surface area contributed by atoms with Crippen molar-refractivity contribution in [3.05, 3.63) is 57.3 Å². The summed E-state index contributed by atoms with van der Waals surface area (Å²) in [6.07, 6.45) is 1.12. The molecule has 0 radical (unpaired) electrons. The number of allylic oxidation sites excluding steroid dienone is 1. The highest BCUT2D eigenvalue weighted by molar-refractivity contribution is 8.16. The number of aliphatic imine (C=N–C) groups is 1. The number of amides is 1. The zero-order chi connectivity index (χ0) is 27.6. The first-order chi connectivity index (χ1) is 18.1. The fourth-order valence-corrected chi connectivity index (χ4v) is 6.11. The van der Waals surface area contributed by atoms with Gasteiger partial charge in [0.25, 0.3) is 0 Å². The summed E-state index contributed by atoms with van der Waals surface area (Å²) in [5, 5.41) is 2.71. The first-order valence-electron chi connectivity index (χ1n) is 13.3. The third-order valence-electron chi connectivity index (χ3n) is 7.09. The Labute approximate surface area is 229 Å². The van der Waals surface area contributed by atoms with Gasteiger partial charge in [-0.3, -0.25) is 9.59 Å². The molecule has 0 spiro atoms. The first kappa shape index (κ1) is 28.0. The van der Waals surface area contributed by atoms with E-state index in [-0.39, 0.29) is 30.3 Å². The van der Waals surface area contributed by atoms with Crippen molar-refractivity contribution >= 4 is 34.8 Å². The summed E-state index contributed by atoms with van der Waals surface area (Å²) < 4.78 is 10.8. The number of hydrogen-bond donors (Lipinski definition) is 0. The zero-order valence-corrected chi connectivity index (χ0v) is 23.9. The molecular weight excluding hydrogens is 502 g/mol. The van der Waals surface area contributed by atoms with Crippen LogP contribution in [-0.4, -0.2) is 58.6 Å². The summed E-state index contributed by atoms with van der Waals surface area (Å²) in [7, 11) is 0. The van der Waals surface area contributed by atoms with Gasteiger partial charge in [0.1, 0.15) is 0 Å². The van der Waals surface area contributed by atoms with E-state index in [9.17, 15) is 14.4 Å². The molecule has 1 aromatic carbocycles. The van der Waals surface area contributed by atoms with Gasteiger partial charge in [-0.05, 0) is 70.9 Å². The van der Waals surface area contributed by atoms with Crippen molar-refractivity contribution in [2.24, 2.45) is 10.9 Å². The molecule has 0 bridgehead atoms. The molecule has 3 aliphatic rings. The molecule has 8 nitrogen and oxygen atoms in total. The van der Waals surface area contributed by atoms with Crippen molar-refractivity contribution in [2.75, 3.05) is 19.7 Å². The molecule has 1 fully saturated rings. The molecular formula is C29H37N3O5S. The molecule has 1 unspecified atom stereocenters. The summed E-state index contributed by atoms with van der Waals surface area (Å²) in [5.74, 6) is -0.729. The van der Waals surface area contributed by atoms with Crippen molar-refractivity contribution in [2.45, 2.75) is 73.0 Å². The second-order valence-corrected chi connectivity index (χ2v) is 11.1. The second-order valence-electron chi connectivity index (χ2n) is 10.3. The second kappa shape index (κ2) is 11.8. The molecule has 38 heavy (non-hydrogen) atoms. The van der Waals surface area contributed by atoms with Crippen LogP contribution in [0.15, 0.2) is 45.6 Å². The highest BCUT2D eigenvalue weighted by Crippen LogP contribution is 2.46. The fraction of sp³-hybridized carbons (Fsp3) is 0.517. The number of likely N-dealkylation sites (tertiary alicyclic amines) is 1. The monoisotopic (exact) mass is 539 g/mol. The minimum absolute atomic E-state index is 0.00213. The number of thioether (sulfide) groups is 1. The molecule has 0 aliphatic carbocycles. The maximum atomic E-state index is 13.4. The quantitative estimate of drug-likeness (QED) is 0.450. The smallest absolute Gasteiger partial charge is 0.338 e. The van der Waals surface area contributed by atoms with Crippen molar-refractivity contribution < 1.29 is 23.9 Å². The Morgan fingerprint density at radius 3 is 2.50 bits per heavy atom. The maximum absolute atomic E-state index is 13.4. The van der Waals surface area contributed by atoms with E-state index in [1.54, 1.807) is 6.92 Å². The lowest BCUT2D eigenvalue weighted by atomic mass is 9.90. The van der Waals surface area contributed by atoms with Gasteiger partial charge in [-0.25, -0.2) is 9.79 Å². The number of hydrogen-bond acceptors (Lipinski definition) is 8. The summed E-state index contributed by atoms with van der Waals surface area (Å²) >= 11 is 1.47. The lowest BCUT2D eigenvalue weighted by Crippen LogP contribution is -2.42. The largest absolute Gasteiger partial charge is 0.466 e. The Bertz CT molecular complexity index is 1210. The van der Waals surface area contributed by atoms with Crippen molar-refractivity contribution in [3.63, 3.8) is 0 Å². The van der Waals surface area contributed by atoms with E-state index < -0.39 is 12.0 Å². The molecule has 1 atom stereocenters. The molecule has 4 rings (SSSR count). The molecule has 3 heterocycles. The Kier molecular flexibility index (Phi) is 8.65. The minimum atomic E-state index is -0.447. The predicted octanol–water partition coefficient (Wildman–Crippen LogP) is 5.02. The Morgan fingerprint density at radius 2 is 1.84 bits per heavy atom. The summed E-state index contributed by atoms with van der Waals surface area (Å²) in [4.78, 5) is 47.5. The molecule has 204 valence electrons. The number of fused-ring (bicyclic) bond motifs is 1. The molecule has 1 amide bonds. The number of benzene rings is 1. The highest BCUT2D eigenvalue weighted by atomic mass is 32.2. The SMILES string of the molecule is CCOC(=O)C1CCN(C(=O)CC2=CSC3=NC(C)=C(C(=O)OC(C)C)C(c4cc(C)ccc4C)N23)CC1. The Morgan fingerprint density at radius 1 is 1.13 bits per heavy atom. The molecule has 1 aromatic rings. The van der Waals surface area contributed by atoms with Gasteiger partial charge in [-0.1, -0.05) is 35.5 Å². The van der Waals surface area contributed by atoms with Crippen LogP contribution >= 0.6 is 11.8 Å². The predicted molar refractivity (Wildman–Crippen MR) is 148 cm³/mol. The standard InChI is InChI=1S/C29H37N3O5S/c1-7-36-27(34)21-10-12-31(13-11-21)24(33)15-22-16-38-29-30-20(6)25(28(35)37-17(2)3)26(32(22)29)23-14-18(4)8-9-19(23)5/h8-9,14,16-17,21,26H,7,10-13,15H2,1-6H3. The van der Waals surface area contributed by atoms with Crippen LogP contribution in [-0.2, 0) is 23.9 Å². The van der Waals surface area contributed by atoms with Crippen LogP contribution in [0.25, 0.3) is 0 Å². The Balaban J connectivity index is 1.60. The number of aryl methyl sites for hydroxylation is 2. The van der Waals surface area contributed by atoms with E-state index >= 15 is 0 Å². The van der Waals surface area contributed by atoms with Crippen LogP contribution in [0.3, 0.4) is 0 Å². The normalized spacial score (nSPS) is 19.8. The molecule has 1 saturated heterocycles. The van der Waals surface area contributed by atoms with Crippen molar-refractivity contribution in [3.8, 4) is 0 Å². The van der Waals surface area contributed by atoms with Crippen LogP contribution in [0.4, 0.5) is 0 Å². The van der Waals surface area contributed by atoms with E-state index in [1.807, 2.05) is 49.8 Å². The van der Waals surface area contributed by atoms with Gasteiger partial charge in [0.15, 0.2) is 5.17 Å². The molecule has 3 aliphatic heterocycles. The summed E-state index contributed by atoms with van der Waals surface area (Å²) in [6.45, 7) is 12.8. The van der Waals surface area contributed by atoms with E-state index in [4.69, 9.17) is 14.5 Å². The van der Waals surface area contributed by atoms with Crippen LogP contribution < -0.4 is 0 Å². The lowest BCUT2D eigenvalue weighted by molar-refractivity contribution is -0.151. The number of carbonyl (C=O) groups excluding carboxylic acids is 3. The number of carbonyl (C=O) groups is 3. The van der Waals surface area contributed by atoms with Gasteiger partial charge in [0, 0.05) is 18.8 Å². The summed E-state index contributed by atoms with van der Waals surface area (Å²) in [5.41, 5.74) is 5.05. The van der Waals surface area contributed by atoms with Crippen LogP contribution in [0.1, 0.15) is 69.7 Å². The number of nitrogens with zero attached hydrogens (tertiary/aromatic N) is 3. The third-order valence-corrected chi connectivity index (χ3v) is 7.98. The van der Waals surface area contributed by atoms with Gasteiger partial charge in [-0.15, -0.1) is 0 Å². The molecule has 9 heteroatoms. The van der Waals surface area contributed by atoms with Crippen molar-refractivity contribution in [1.29, 1.82) is 0 Å².